The predicted octanol–water partition coefficient (Wildman–Crippen LogP) is 0.147. The molecular weight excluding hydrogens is 194 g/mol. The lowest BCUT2D eigenvalue weighted by Gasteiger charge is -2.01. The van der Waals surface area contributed by atoms with E-state index in [9.17, 15) is 9.59 Å². The molecule has 0 aromatic carbocycles. The average Bonchev–Trinajstić information content (AvgIpc) is 2.17. The lowest BCUT2D eigenvalue weighted by Crippen LogP contribution is -2.25. The summed E-state index contributed by atoms with van der Waals surface area (Å²) in [5.41, 5.74) is -0.120. The van der Waals surface area contributed by atoms with Crippen molar-refractivity contribution in [1.82, 2.24) is 14.6 Å². The van der Waals surface area contributed by atoms with Gasteiger partial charge in [0, 0.05) is 24.4 Å². The van der Waals surface area contributed by atoms with E-state index in [0.717, 1.165) is 0 Å². The fourth-order valence-corrected chi connectivity index (χ4v) is 0.942. The third-order valence-electron chi connectivity index (χ3n) is 1.48. The number of carbonyl (C=O) groups excluding carboxylic acids is 1. The minimum atomic E-state index is -0.524. The van der Waals surface area contributed by atoms with Crippen LogP contribution >= 0.6 is 11.8 Å². The molecule has 0 saturated heterocycles. The van der Waals surface area contributed by atoms with Gasteiger partial charge in [-0.25, -0.2) is 4.68 Å². The Morgan fingerprint density at radius 3 is 2.92 bits per heavy atom. The molecule has 0 aliphatic heterocycles. The lowest BCUT2D eigenvalue weighted by atomic mass is 10.4. The molecule has 1 heterocycles. The van der Waals surface area contributed by atoms with Crippen LogP contribution in [-0.4, -0.2) is 15.7 Å². The maximum Gasteiger partial charge on any atom is 0.286 e. The summed E-state index contributed by atoms with van der Waals surface area (Å²) >= 11 is 5.09. The number of aromatic nitrogens is 2. The quantitative estimate of drug-likeness (QED) is 0.693. The summed E-state index contributed by atoms with van der Waals surface area (Å²) in [4.78, 5) is 23.9. The number of nitrogens with one attached hydrogen (secondary N) is 1. The molecule has 0 aliphatic carbocycles. The van der Waals surface area contributed by atoms with Crippen LogP contribution in [0.4, 0.5) is 0 Å². The summed E-state index contributed by atoms with van der Waals surface area (Å²) < 4.78 is 1.18. The highest BCUT2D eigenvalue weighted by Crippen LogP contribution is 1.90. The van der Waals surface area contributed by atoms with Gasteiger partial charge in [0.15, 0.2) is 0 Å². The number of nitrogens with zero attached hydrogens (tertiary/aromatic N) is 2. The minimum absolute atomic E-state index is 0.122. The first kappa shape index (κ1) is 9.73. The number of hydrogen-bond acceptors (Lipinski definition) is 3. The molecule has 0 unspecified atom stereocenters. The Labute approximate surface area is 79.4 Å². The third kappa shape index (κ3) is 2.06. The first-order valence-electron chi connectivity index (χ1n) is 3.68. The predicted molar refractivity (Wildman–Crippen MR) is 47.5 cm³/mol. The molecule has 0 radical (unpaired) electrons. The second-order valence-corrected chi connectivity index (χ2v) is 2.49. The van der Waals surface area contributed by atoms with E-state index in [1.165, 1.54) is 16.8 Å². The van der Waals surface area contributed by atoms with Gasteiger partial charge in [0.05, 0.1) is 0 Å². The Bertz CT molecular complexity index is 374. The standard InChI is InChI=1S/C7H8ClN3O2/c1-2-11-6(12)4-3-5(10-11)7(13)9-8/h3-4H,2H2,1H3,(H,9,13). The van der Waals surface area contributed by atoms with Gasteiger partial charge in [-0.15, -0.1) is 0 Å². The van der Waals surface area contributed by atoms with E-state index in [1.807, 2.05) is 4.84 Å². The van der Waals surface area contributed by atoms with E-state index in [4.69, 9.17) is 11.8 Å². The fraction of sp³-hybridized carbons (Fsp3) is 0.286. The minimum Gasteiger partial charge on any atom is -0.268 e. The first-order valence-corrected chi connectivity index (χ1v) is 4.06. The van der Waals surface area contributed by atoms with Gasteiger partial charge < -0.3 is 0 Å². The normalized spacial score (nSPS) is 9.69. The van der Waals surface area contributed by atoms with Crippen LogP contribution in [0.3, 0.4) is 0 Å². The molecule has 1 amide bonds. The maximum atomic E-state index is 11.0. The highest BCUT2D eigenvalue weighted by atomic mass is 35.5. The third-order valence-corrected chi connectivity index (χ3v) is 1.66. The van der Waals surface area contributed by atoms with E-state index in [0.29, 0.717) is 6.54 Å². The highest BCUT2D eigenvalue weighted by molar-refractivity contribution is 6.23. The largest absolute Gasteiger partial charge is 0.286 e. The molecule has 5 nitrogen and oxygen atoms in total. The van der Waals surface area contributed by atoms with E-state index < -0.39 is 5.91 Å². The number of amides is 1. The summed E-state index contributed by atoms with van der Waals surface area (Å²) in [6.45, 7) is 2.18. The zero-order valence-electron chi connectivity index (χ0n) is 6.95. The van der Waals surface area contributed by atoms with Crippen molar-refractivity contribution in [3.05, 3.63) is 28.2 Å². The molecular formula is C7H8ClN3O2. The van der Waals surface area contributed by atoms with Gasteiger partial charge in [0.2, 0.25) is 0 Å². The molecule has 1 rings (SSSR count). The van der Waals surface area contributed by atoms with Crippen molar-refractivity contribution in [2.45, 2.75) is 13.5 Å². The maximum absolute atomic E-state index is 11.0. The summed E-state index contributed by atoms with van der Waals surface area (Å²) in [5, 5.41) is 3.77. The van der Waals surface area contributed by atoms with Gasteiger partial charge in [0.1, 0.15) is 5.69 Å². The van der Waals surface area contributed by atoms with Gasteiger partial charge in [-0.05, 0) is 13.0 Å². The van der Waals surface area contributed by atoms with E-state index in [-0.39, 0.29) is 11.3 Å². The zero-order chi connectivity index (χ0) is 9.84. The molecule has 1 aromatic rings. The zero-order valence-corrected chi connectivity index (χ0v) is 7.71. The van der Waals surface area contributed by atoms with Crippen LogP contribution in [0.15, 0.2) is 16.9 Å². The SMILES string of the molecule is CCn1nc(C(=O)NCl)ccc1=O. The summed E-state index contributed by atoms with van der Waals surface area (Å²) in [6, 6.07) is 2.60. The molecule has 0 fully saturated rings. The Kier molecular flexibility index (Phi) is 3.02. The number of hydrogen-bond donors (Lipinski definition) is 1. The first-order chi connectivity index (χ1) is 6.19. The van der Waals surface area contributed by atoms with E-state index in [1.54, 1.807) is 6.92 Å². The second-order valence-electron chi connectivity index (χ2n) is 2.30. The van der Waals surface area contributed by atoms with Gasteiger partial charge in [-0.3, -0.25) is 14.4 Å². The Morgan fingerprint density at radius 2 is 2.38 bits per heavy atom. The molecule has 0 spiro atoms. The Morgan fingerprint density at radius 1 is 1.69 bits per heavy atom. The van der Waals surface area contributed by atoms with Gasteiger partial charge in [-0.1, -0.05) is 0 Å². The summed E-state index contributed by atoms with van der Waals surface area (Å²) in [6.07, 6.45) is 0. The monoisotopic (exact) mass is 201 g/mol. The van der Waals surface area contributed by atoms with Crippen LogP contribution in [0, 0.1) is 0 Å². The van der Waals surface area contributed by atoms with Crippen LogP contribution in [0.5, 0.6) is 0 Å². The molecule has 0 saturated carbocycles. The van der Waals surface area contributed by atoms with Crippen LogP contribution < -0.4 is 10.4 Å². The molecule has 1 aromatic heterocycles. The lowest BCUT2D eigenvalue weighted by molar-refractivity contribution is 0.0974. The fourth-order valence-electron chi connectivity index (χ4n) is 0.845. The molecule has 13 heavy (non-hydrogen) atoms. The van der Waals surface area contributed by atoms with Crippen molar-refractivity contribution < 1.29 is 4.79 Å². The van der Waals surface area contributed by atoms with Crippen LogP contribution in [0.2, 0.25) is 0 Å². The Balaban J connectivity index is 3.13. The summed E-state index contributed by atoms with van der Waals surface area (Å²) in [7, 11) is 0. The van der Waals surface area contributed by atoms with Crippen molar-refractivity contribution in [2.24, 2.45) is 0 Å². The number of aryl methyl sites for hydroxylation is 1. The molecule has 1 N–H and O–H groups in total. The highest BCUT2D eigenvalue weighted by Gasteiger charge is 2.06. The van der Waals surface area contributed by atoms with Crippen molar-refractivity contribution in [3.8, 4) is 0 Å². The topological polar surface area (TPSA) is 64.0 Å². The van der Waals surface area contributed by atoms with Gasteiger partial charge in [0.25, 0.3) is 11.5 Å². The molecule has 0 bridgehead atoms. The van der Waals surface area contributed by atoms with Gasteiger partial charge >= 0.3 is 0 Å². The van der Waals surface area contributed by atoms with E-state index >= 15 is 0 Å². The van der Waals surface area contributed by atoms with E-state index in [2.05, 4.69) is 5.10 Å². The molecule has 70 valence electrons. The summed E-state index contributed by atoms with van der Waals surface area (Å²) in [5.74, 6) is -0.524. The van der Waals surface area contributed by atoms with Crippen molar-refractivity contribution in [3.63, 3.8) is 0 Å². The second kappa shape index (κ2) is 4.04. The number of halogens is 1. The van der Waals surface area contributed by atoms with Gasteiger partial charge in [-0.2, -0.15) is 5.10 Å². The Hall–Kier alpha value is -1.36. The van der Waals surface area contributed by atoms with Crippen LogP contribution in [-0.2, 0) is 6.54 Å². The van der Waals surface area contributed by atoms with Crippen LogP contribution in [0.1, 0.15) is 17.4 Å². The van der Waals surface area contributed by atoms with Crippen molar-refractivity contribution in [1.29, 1.82) is 0 Å². The van der Waals surface area contributed by atoms with Crippen LogP contribution in [0.25, 0.3) is 0 Å². The smallest absolute Gasteiger partial charge is 0.268 e. The molecule has 0 atom stereocenters. The van der Waals surface area contributed by atoms with Crippen molar-refractivity contribution in [2.75, 3.05) is 0 Å². The van der Waals surface area contributed by atoms with Crippen molar-refractivity contribution >= 4 is 17.7 Å². The number of rotatable bonds is 2. The molecule has 0 aliphatic rings. The number of carbonyl (C=O) groups is 1. The average molecular weight is 202 g/mol. The molecule has 6 heteroatoms.